The van der Waals surface area contributed by atoms with Crippen molar-refractivity contribution < 1.29 is 46.5 Å². The number of amides is 3. The average molecular weight is 609 g/mol. The molecule has 42 heavy (non-hydrogen) atoms. The van der Waals surface area contributed by atoms with Gasteiger partial charge >= 0.3 is 18.3 Å². The molecule has 0 spiro atoms. The van der Waals surface area contributed by atoms with E-state index in [0.29, 0.717) is 5.76 Å². The number of nitrogens with zero attached hydrogens (tertiary/aromatic N) is 3. The number of hydrogen-bond donors (Lipinski definition) is 2. The fraction of sp³-hybridized carbons (Fsp3) is 0.519. The second kappa shape index (κ2) is 12.2. The van der Waals surface area contributed by atoms with Crippen molar-refractivity contribution in [1.29, 1.82) is 0 Å². The van der Waals surface area contributed by atoms with Gasteiger partial charge in [-0.2, -0.15) is 4.31 Å². The molecule has 1 aromatic heterocycles. The van der Waals surface area contributed by atoms with Gasteiger partial charge in [0.15, 0.2) is 6.10 Å². The standard InChI is InChI=1S/C27H36N4O10S/c1-17(2)39-25(33)30-15-23(41-24(32)28-13-20-7-6-12-38-20)27(35)16-29(14-22(27)31(30)26(34)40-18(3)4)42(36,37)21-10-8-19(5)9-11-21/h6-12,17-18,22-23,35H,13-16H2,1-5H3,(H,28,32)/t22-,23+,27-/m1/s1. The Morgan fingerprint density at radius 1 is 1.05 bits per heavy atom. The molecule has 4 rings (SSSR count). The van der Waals surface area contributed by atoms with Crippen LogP contribution in [0.3, 0.4) is 0 Å². The Morgan fingerprint density at radius 2 is 1.69 bits per heavy atom. The van der Waals surface area contributed by atoms with E-state index in [1.807, 2.05) is 6.92 Å². The molecule has 0 unspecified atom stereocenters. The van der Waals surface area contributed by atoms with Gasteiger partial charge in [0.2, 0.25) is 10.0 Å². The maximum Gasteiger partial charge on any atom is 0.429 e. The topological polar surface area (TPSA) is 168 Å². The van der Waals surface area contributed by atoms with Gasteiger partial charge in [-0.15, -0.1) is 0 Å². The number of nitrogens with one attached hydrogen (secondary N) is 1. The predicted molar refractivity (Wildman–Crippen MR) is 146 cm³/mol. The molecule has 2 N–H and O–H groups in total. The van der Waals surface area contributed by atoms with E-state index in [1.54, 1.807) is 52.0 Å². The maximum atomic E-state index is 13.7. The number of hydrazine groups is 1. The molecule has 0 aliphatic carbocycles. The summed E-state index contributed by atoms with van der Waals surface area (Å²) >= 11 is 0. The van der Waals surface area contributed by atoms with E-state index in [4.69, 9.17) is 18.6 Å². The highest BCUT2D eigenvalue weighted by atomic mass is 32.2. The van der Waals surface area contributed by atoms with Crippen molar-refractivity contribution in [3.8, 4) is 0 Å². The molecule has 0 saturated carbocycles. The third-order valence-corrected chi connectivity index (χ3v) is 8.63. The minimum atomic E-state index is -4.18. The molecule has 230 valence electrons. The fourth-order valence-electron chi connectivity index (χ4n) is 4.81. The Bertz CT molecular complexity index is 1380. The van der Waals surface area contributed by atoms with Crippen LogP contribution in [-0.4, -0.2) is 95.7 Å². The van der Waals surface area contributed by atoms with Crippen molar-refractivity contribution in [1.82, 2.24) is 19.6 Å². The summed E-state index contributed by atoms with van der Waals surface area (Å²) in [6.07, 6.45) is -4.18. The summed E-state index contributed by atoms with van der Waals surface area (Å²) in [5.74, 6) is 0.438. The molecule has 2 fully saturated rings. The number of aryl methyl sites for hydroxylation is 1. The van der Waals surface area contributed by atoms with E-state index in [-0.39, 0.29) is 11.4 Å². The van der Waals surface area contributed by atoms with Crippen LogP contribution in [-0.2, 0) is 30.8 Å². The summed E-state index contributed by atoms with van der Waals surface area (Å²) in [5, 5.41) is 16.3. The first-order chi connectivity index (χ1) is 19.7. The zero-order valence-electron chi connectivity index (χ0n) is 24.1. The van der Waals surface area contributed by atoms with Gasteiger partial charge in [0.05, 0.1) is 36.5 Å². The van der Waals surface area contributed by atoms with Crippen molar-refractivity contribution in [2.24, 2.45) is 0 Å². The van der Waals surface area contributed by atoms with Crippen LogP contribution in [0.5, 0.6) is 0 Å². The molecule has 14 nitrogen and oxygen atoms in total. The van der Waals surface area contributed by atoms with Gasteiger partial charge in [0, 0.05) is 13.1 Å². The van der Waals surface area contributed by atoms with Crippen molar-refractivity contribution in [2.75, 3.05) is 19.6 Å². The zero-order valence-corrected chi connectivity index (χ0v) is 24.9. The number of carbonyl (C=O) groups is 3. The molecule has 3 amide bonds. The number of furan rings is 1. The smallest absolute Gasteiger partial charge is 0.429 e. The van der Waals surface area contributed by atoms with Crippen molar-refractivity contribution in [3.63, 3.8) is 0 Å². The summed E-state index contributed by atoms with van der Waals surface area (Å²) in [5.41, 5.74) is -1.29. The van der Waals surface area contributed by atoms with Crippen LogP contribution >= 0.6 is 0 Å². The lowest BCUT2D eigenvalue weighted by Crippen LogP contribution is -2.73. The van der Waals surface area contributed by atoms with Crippen LogP contribution in [0.1, 0.15) is 39.0 Å². The maximum absolute atomic E-state index is 13.7. The number of benzene rings is 1. The number of sulfonamides is 1. The Hall–Kier alpha value is -3.82. The molecule has 0 bridgehead atoms. The largest absolute Gasteiger partial charge is 0.467 e. The molecule has 15 heteroatoms. The number of carbonyl (C=O) groups excluding carboxylic acids is 3. The lowest BCUT2D eigenvalue weighted by molar-refractivity contribution is -0.191. The van der Waals surface area contributed by atoms with Gasteiger partial charge in [-0.05, 0) is 58.9 Å². The van der Waals surface area contributed by atoms with Crippen LogP contribution in [0.4, 0.5) is 14.4 Å². The number of aliphatic hydroxyl groups is 1. The number of alkyl carbamates (subject to hydrolysis) is 1. The van der Waals surface area contributed by atoms with E-state index in [2.05, 4.69) is 5.32 Å². The van der Waals surface area contributed by atoms with Crippen molar-refractivity contribution >= 4 is 28.3 Å². The lowest BCUT2D eigenvalue weighted by Gasteiger charge is -2.50. The number of β-amino-alcohol motifs (C(OH)–C–C–N with tert-alkyl or cyclic N) is 1. The fourth-order valence-corrected chi connectivity index (χ4v) is 6.30. The van der Waals surface area contributed by atoms with E-state index in [0.717, 1.165) is 19.9 Å². The molecular weight excluding hydrogens is 572 g/mol. The van der Waals surface area contributed by atoms with E-state index in [9.17, 15) is 27.9 Å². The van der Waals surface area contributed by atoms with Crippen molar-refractivity contribution in [2.45, 2.75) is 76.0 Å². The van der Waals surface area contributed by atoms with E-state index in [1.165, 1.54) is 18.4 Å². The minimum Gasteiger partial charge on any atom is -0.467 e. The highest BCUT2D eigenvalue weighted by Crippen LogP contribution is 2.39. The second-order valence-corrected chi connectivity index (χ2v) is 12.7. The van der Waals surface area contributed by atoms with Crippen molar-refractivity contribution in [3.05, 3.63) is 54.0 Å². The quantitative estimate of drug-likeness (QED) is 0.446. The van der Waals surface area contributed by atoms with Crippen LogP contribution in [0.25, 0.3) is 0 Å². The average Bonchev–Trinajstić information content (AvgIpc) is 3.55. The summed E-state index contributed by atoms with van der Waals surface area (Å²) in [7, 11) is -4.18. The summed E-state index contributed by atoms with van der Waals surface area (Å²) in [6, 6.07) is 8.03. The number of ether oxygens (including phenoxy) is 3. The summed E-state index contributed by atoms with van der Waals surface area (Å²) in [4.78, 5) is 39.4. The van der Waals surface area contributed by atoms with Crippen LogP contribution < -0.4 is 5.32 Å². The van der Waals surface area contributed by atoms with Crippen LogP contribution in [0, 0.1) is 6.92 Å². The molecule has 2 aliphatic heterocycles. The molecule has 1 aromatic carbocycles. The Balaban J connectivity index is 1.71. The molecular formula is C27H36N4O10S. The molecule has 2 aromatic rings. The monoisotopic (exact) mass is 608 g/mol. The predicted octanol–water partition coefficient (Wildman–Crippen LogP) is 2.61. The van der Waals surface area contributed by atoms with Gasteiger partial charge < -0.3 is 29.1 Å². The highest BCUT2D eigenvalue weighted by molar-refractivity contribution is 7.89. The molecule has 2 saturated heterocycles. The van der Waals surface area contributed by atoms with Gasteiger partial charge in [-0.25, -0.2) is 32.8 Å². The molecule has 3 atom stereocenters. The molecule has 0 radical (unpaired) electrons. The third-order valence-electron chi connectivity index (χ3n) is 6.80. The number of fused-ring (bicyclic) bond motifs is 1. The van der Waals surface area contributed by atoms with E-state index < -0.39 is 77.9 Å². The van der Waals surface area contributed by atoms with Crippen LogP contribution in [0.2, 0.25) is 0 Å². The summed E-state index contributed by atoms with van der Waals surface area (Å²) < 4.78 is 49.8. The SMILES string of the molecule is Cc1ccc(S(=O)(=O)N2C[C@H]3N(C(=O)OC(C)C)N(C(=O)OC(C)C)C[C@H](OC(=O)NCc4ccco4)[C@@]3(O)C2)cc1. The Morgan fingerprint density at radius 3 is 2.29 bits per heavy atom. The van der Waals surface area contributed by atoms with Gasteiger partial charge in [0.1, 0.15) is 17.4 Å². The third kappa shape index (κ3) is 6.47. The summed E-state index contributed by atoms with van der Waals surface area (Å²) in [6.45, 7) is 6.70. The van der Waals surface area contributed by atoms with Crippen LogP contribution in [0.15, 0.2) is 52.0 Å². The van der Waals surface area contributed by atoms with E-state index >= 15 is 0 Å². The Kier molecular flexibility index (Phi) is 9.03. The number of rotatable bonds is 7. The minimum absolute atomic E-state index is 0.0275. The van der Waals surface area contributed by atoms with Gasteiger partial charge in [-0.1, -0.05) is 17.7 Å². The van der Waals surface area contributed by atoms with Gasteiger partial charge in [0.25, 0.3) is 0 Å². The molecule has 2 aliphatic rings. The first kappa shape index (κ1) is 31.1. The zero-order chi connectivity index (χ0) is 30.8. The second-order valence-electron chi connectivity index (χ2n) is 10.7. The highest BCUT2D eigenvalue weighted by Gasteiger charge is 2.64. The lowest BCUT2D eigenvalue weighted by atomic mass is 9.88. The normalized spacial score (nSPS) is 22.7. The number of hydrogen-bond acceptors (Lipinski definition) is 10. The molecule has 3 heterocycles. The first-order valence-electron chi connectivity index (χ1n) is 13.5. The van der Waals surface area contributed by atoms with Gasteiger partial charge in [-0.3, -0.25) is 0 Å². The Labute approximate surface area is 244 Å². The first-order valence-corrected chi connectivity index (χ1v) is 14.9.